The number of halogens is 1. The van der Waals surface area contributed by atoms with Gasteiger partial charge in [-0.25, -0.2) is 0 Å². The molecule has 0 N–H and O–H groups in total. The maximum atomic E-state index is 9.13. The molecule has 0 spiro atoms. The highest BCUT2D eigenvalue weighted by atomic mass is 79.9. The van der Waals surface area contributed by atoms with E-state index in [4.69, 9.17) is 5.26 Å². The van der Waals surface area contributed by atoms with Gasteiger partial charge in [0.15, 0.2) is 0 Å². The molecular formula is C14H10BrNS. The molecule has 2 aromatic carbocycles. The van der Waals surface area contributed by atoms with Gasteiger partial charge in [-0.1, -0.05) is 35.5 Å². The molecule has 84 valence electrons. The summed E-state index contributed by atoms with van der Waals surface area (Å²) >= 11 is 5.01. The van der Waals surface area contributed by atoms with Crippen molar-refractivity contribution in [2.45, 2.75) is 16.7 Å². The first-order valence-electron chi connectivity index (χ1n) is 5.14. The summed E-state index contributed by atoms with van der Waals surface area (Å²) < 4.78 is 0.845. The predicted molar refractivity (Wildman–Crippen MR) is 74.2 cm³/mol. The van der Waals surface area contributed by atoms with Gasteiger partial charge in [0.25, 0.3) is 0 Å². The van der Waals surface area contributed by atoms with Crippen LogP contribution in [0.1, 0.15) is 11.1 Å². The molecule has 0 amide bonds. The van der Waals surface area contributed by atoms with Crippen molar-refractivity contribution in [1.82, 2.24) is 0 Å². The van der Waals surface area contributed by atoms with Gasteiger partial charge in [-0.2, -0.15) is 5.26 Å². The Morgan fingerprint density at radius 3 is 2.47 bits per heavy atom. The van der Waals surface area contributed by atoms with Crippen molar-refractivity contribution in [3.63, 3.8) is 0 Å². The number of hydrogen-bond donors (Lipinski definition) is 0. The van der Waals surface area contributed by atoms with Crippen molar-refractivity contribution in [3.05, 3.63) is 58.1 Å². The molecule has 3 heteroatoms. The molecule has 0 heterocycles. The summed E-state index contributed by atoms with van der Waals surface area (Å²) in [6.45, 7) is 2.06. The van der Waals surface area contributed by atoms with Gasteiger partial charge < -0.3 is 0 Å². The summed E-state index contributed by atoms with van der Waals surface area (Å²) in [4.78, 5) is 2.12. The van der Waals surface area contributed by atoms with E-state index in [-0.39, 0.29) is 0 Å². The zero-order valence-corrected chi connectivity index (χ0v) is 11.7. The van der Waals surface area contributed by atoms with Gasteiger partial charge in [0, 0.05) is 14.3 Å². The van der Waals surface area contributed by atoms with Crippen LogP contribution in [-0.2, 0) is 0 Å². The maximum absolute atomic E-state index is 9.13. The van der Waals surface area contributed by atoms with Crippen molar-refractivity contribution in [2.24, 2.45) is 0 Å². The number of benzene rings is 2. The second-order valence-electron chi connectivity index (χ2n) is 3.64. The van der Waals surface area contributed by atoms with E-state index in [1.54, 1.807) is 11.8 Å². The molecule has 1 nitrogen and oxygen atoms in total. The Kier molecular flexibility index (Phi) is 3.88. The topological polar surface area (TPSA) is 23.8 Å². The van der Waals surface area contributed by atoms with Crippen LogP contribution in [-0.4, -0.2) is 0 Å². The fourth-order valence-electron chi connectivity index (χ4n) is 1.43. The van der Waals surface area contributed by atoms with Gasteiger partial charge in [-0.05, 0) is 47.1 Å². The zero-order valence-electron chi connectivity index (χ0n) is 9.27. The molecule has 0 unspecified atom stereocenters. The van der Waals surface area contributed by atoms with E-state index in [0.29, 0.717) is 5.56 Å². The summed E-state index contributed by atoms with van der Waals surface area (Å²) in [6.07, 6.45) is 0. The molecule has 17 heavy (non-hydrogen) atoms. The lowest BCUT2D eigenvalue weighted by Gasteiger charge is -2.05. The molecule has 0 radical (unpaired) electrons. The van der Waals surface area contributed by atoms with Crippen LogP contribution in [0.15, 0.2) is 56.7 Å². The molecule has 0 aliphatic carbocycles. The molecule has 2 aromatic rings. The highest BCUT2D eigenvalue weighted by Gasteiger charge is 2.07. The van der Waals surface area contributed by atoms with Crippen LogP contribution in [0.2, 0.25) is 0 Å². The first-order chi connectivity index (χ1) is 8.20. The van der Waals surface area contributed by atoms with Crippen LogP contribution >= 0.6 is 27.7 Å². The van der Waals surface area contributed by atoms with E-state index in [1.165, 1.54) is 5.56 Å². The van der Waals surface area contributed by atoms with E-state index in [0.717, 1.165) is 14.3 Å². The first kappa shape index (κ1) is 12.2. The number of rotatable bonds is 2. The van der Waals surface area contributed by atoms with E-state index in [2.05, 4.69) is 53.2 Å². The summed E-state index contributed by atoms with van der Waals surface area (Å²) in [5.74, 6) is 0. The smallest absolute Gasteiger partial charge is 0.102 e. The molecule has 0 saturated carbocycles. The largest absolute Gasteiger partial charge is 0.192 e. The van der Waals surface area contributed by atoms with Crippen LogP contribution in [0.4, 0.5) is 0 Å². The molecule has 0 saturated heterocycles. The standard InChI is InChI=1S/C14H10BrNS/c1-10-5-7-11(8-6-10)17-14-4-2-3-13(15)12(14)9-16/h2-8H,1H3. The predicted octanol–water partition coefficient (Wildman–Crippen LogP) is 4.78. The number of nitrogens with zero attached hydrogens (tertiary/aromatic N) is 1. The van der Waals surface area contributed by atoms with E-state index in [1.807, 2.05) is 18.2 Å². The average Bonchev–Trinajstić information content (AvgIpc) is 2.32. The first-order valence-corrected chi connectivity index (χ1v) is 6.75. The minimum absolute atomic E-state index is 0.693. The third-order valence-electron chi connectivity index (χ3n) is 2.34. The minimum Gasteiger partial charge on any atom is -0.192 e. The third-order valence-corrected chi connectivity index (χ3v) is 4.06. The fraction of sp³-hybridized carbons (Fsp3) is 0.0714. The Hall–Kier alpha value is -1.24. The summed E-state index contributed by atoms with van der Waals surface area (Å²) in [5, 5.41) is 9.13. The minimum atomic E-state index is 0.693. The third kappa shape index (κ3) is 2.91. The van der Waals surface area contributed by atoms with Gasteiger partial charge in [0.1, 0.15) is 6.07 Å². The van der Waals surface area contributed by atoms with Crippen LogP contribution in [0.5, 0.6) is 0 Å². The zero-order chi connectivity index (χ0) is 12.3. The fourth-order valence-corrected chi connectivity index (χ4v) is 2.95. The monoisotopic (exact) mass is 303 g/mol. The van der Waals surface area contributed by atoms with Gasteiger partial charge in [0.2, 0.25) is 0 Å². The number of aryl methyl sites for hydroxylation is 1. The lowest BCUT2D eigenvalue weighted by Crippen LogP contribution is -1.83. The van der Waals surface area contributed by atoms with Crippen molar-refractivity contribution in [3.8, 4) is 6.07 Å². The Bertz CT molecular complexity index is 570. The van der Waals surface area contributed by atoms with Gasteiger partial charge in [-0.15, -0.1) is 0 Å². The Labute approximate surface area is 114 Å². The summed E-state index contributed by atoms with van der Waals surface area (Å²) in [5.41, 5.74) is 1.93. The molecule has 0 fully saturated rings. The van der Waals surface area contributed by atoms with Crippen LogP contribution < -0.4 is 0 Å². The average molecular weight is 304 g/mol. The second-order valence-corrected chi connectivity index (χ2v) is 5.61. The molecule has 0 atom stereocenters. The Morgan fingerprint density at radius 2 is 1.82 bits per heavy atom. The quantitative estimate of drug-likeness (QED) is 0.797. The lowest BCUT2D eigenvalue weighted by atomic mass is 10.2. The summed E-state index contributed by atoms with van der Waals surface area (Å²) in [7, 11) is 0. The van der Waals surface area contributed by atoms with Crippen molar-refractivity contribution >= 4 is 27.7 Å². The summed E-state index contributed by atoms with van der Waals surface area (Å²) in [6, 6.07) is 16.3. The van der Waals surface area contributed by atoms with E-state index in [9.17, 15) is 0 Å². The van der Waals surface area contributed by atoms with E-state index < -0.39 is 0 Å². The van der Waals surface area contributed by atoms with Gasteiger partial charge in [-0.3, -0.25) is 0 Å². The molecule has 0 aliphatic heterocycles. The normalized spacial score (nSPS) is 9.94. The van der Waals surface area contributed by atoms with Gasteiger partial charge >= 0.3 is 0 Å². The SMILES string of the molecule is Cc1ccc(Sc2cccc(Br)c2C#N)cc1. The molecule has 0 aromatic heterocycles. The highest BCUT2D eigenvalue weighted by Crippen LogP contribution is 2.33. The van der Waals surface area contributed by atoms with Crippen molar-refractivity contribution < 1.29 is 0 Å². The highest BCUT2D eigenvalue weighted by molar-refractivity contribution is 9.10. The molecule has 0 aliphatic rings. The molecule has 2 rings (SSSR count). The van der Waals surface area contributed by atoms with Crippen molar-refractivity contribution in [1.29, 1.82) is 5.26 Å². The Balaban J connectivity index is 2.34. The number of hydrogen-bond acceptors (Lipinski definition) is 2. The van der Waals surface area contributed by atoms with Crippen LogP contribution in [0.3, 0.4) is 0 Å². The Morgan fingerprint density at radius 1 is 1.12 bits per heavy atom. The second kappa shape index (κ2) is 5.39. The lowest BCUT2D eigenvalue weighted by molar-refractivity contribution is 1.32. The van der Waals surface area contributed by atoms with Gasteiger partial charge in [0.05, 0.1) is 5.56 Å². The van der Waals surface area contributed by atoms with Crippen molar-refractivity contribution in [2.75, 3.05) is 0 Å². The molecular weight excluding hydrogens is 294 g/mol. The van der Waals surface area contributed by atoms with Crippen LogP contribution in [0, 0.1) is 18.3 Å². The van der Waals surface area contributed by atoms with Crippen LogP contribution in [0.25, 0.3) is 0 Å². The number of nitriles is 1. The molecule has 0 bridgehead atoms. The maximum Gasteiger partial charge on any atom is 0.102 e. The van der Waals surface area contributed by atoms with E-state index >= 15 is 0 Å².